The lowest BCUT2D eigenvalue weighted by Crippen LogP contribution is -2.36. The van der Waals surface area contributed by atoms with Crippen molar-refractivity contribution >= 4 is 56.4 Å². The number of thiazole rings is 2. The number of aliphatic imine (C=N–C) groups is 2. The second-order valence-corrected chi connectivity index (χ2v) is 8.82. The first-order valence-corrected chi connectivity index (χ1v) is 11.5. The monoisotopic (exact) mass is 471 g/mol. The maximum Gasteiger partial charge on any atom is 0.274 e. The van der Waals surface area contributed by atoms with Crippen LogP contribution in [0, 0.1) is 0 Å². The molecule has 0 spiro atoms. The number of nitrogens with two attached hydrogens (primary N) is 1. The third kappa shape index (κ3) is 3.26. The Labute approximate surface area is 195 Å². The number of hydrazine groups is 1. The molecule has 6 rings (SSSR count). The van der Waals surface area contributed by atoms with Crippen molar-refractivity contribution in [2.75, 3.05) is 0 Å². The van der Waals surface area contributed by atoms with Crippen LogP contribution >= 0.6 is 22.7 Å². The lowest BCUT2D eigenvalue weighted by atomic mass is 10.1. The van der Waals surface area contributed by atoms with Crippen LogP contribution in [0.2, 0.25) is 0 Å². The van der Waals surface area contributed by atoms with Crippen molar-refractivity contribution in [3.8, 4) is 11.4 Å². The number of rotatable bonds is 3. The van der Waals surface area contributed by atoms with Crippen LogP contribution in [0.25, 0.3) is 11.4 Å². The van der Waals surface area contributed by atoms with Gasteiger partial charge in [-0.25, -0.2) is 25.8 Å². The van der Waals surface area contributed by atoms with E-state index in [0.717, 1.165) is 10.6 Å². The van der Waals surface area contributed by atoms with Gasteiger partial charge >= 0.3 is 0 Å². The summed E-state index contributed by atoms with van der Waals surface area (Å²) >= 11 is 2.67. The number of amides is 2. The summed E-state index contributed by atoms with van der Waals surface area (Å²) in [4.78, 5) is 42.5. The number of benzene rings is 2. The molecule has 11 heteroatoms. The molecule has 0 saturated heterocycles. The molecule has 0 atom stereocenters. The summed E-state index contributed by atoms with van der Waals surface area (Å²) in [5, 5.41) is 8.46. The van der Waals surface area contributed by atoms with Crippen molar-refractivity contribution in [3.63, 3.8) is 0 Å². The van der Waals surface area contributed by atoms with E-state index in [2.05, 4.69) is 25.3 Å². The molecule has 4 aromatic rings. The van der Waals surface area contributed by atoms with Gasteiger partial charge in [-0.2, -0.15) is 4.99 Å². The highest BCUT2D eigenvalue weighted by atomic mass is 32.1. The predicted molar refractivity (Wildman–Crippen MR) is 126 cm³/mol. The molecule has 0 saturated carbocycles. The van der Waals surface area contributed by atoms with Gasteiger partial charge in [-0.15, -0.1) is 22.7 Å². The molecule has 33 heavy (non-hydrogen) atoms. The molecular weight excluding hydrogens is 458 g/mol. The third-order valence-electron chi connectivity index (χ3n) is 5.16. The second-order valence-electron chi connectivity index (χ2n) is 7.15. The maximum atomic E-state index is 12.3. The summed E-state index contributed by atoms with van der Waals surface area (Å²) in [6.07, 6.45) is 0. The Morgan fingerprint density at radius 2 is 1.36 bits per heavy atom. The lowest BCUT2D eigenvalue weighted by Gasteiger charge is -2.07. The molecule has 2 aromatic heterocycles. The average Bonchev–Trinajstić information content (AvgIpc) is 3.60. The van der Waals surface area contributed by atoms with E-state index in [9.17, 15) is 9.59 Å². The van der Waals surface area contributed by atoms with Crippen LogP contribution in [-0.4, -0.2) is 38.5 Å². The van der Waals surface area contributed by atoms with E-state index in [0.29, 0.717) is 50.0 Å². The molecule has 2 aromatic carbocycles. The highest BCUT2D eigenvalue weighted by molar-refractivity contribution is 7.14. The van der Waals surface area contributed by atoms with Crippen LogP contribution in [0.4, 0.5) is 10.3 Å². The van der Waals surface area contributed by atoms with Gasteiger partial charge in [-0.1, -0.05) is 36.4 Å². The Hall–Kier alpha value is -4.06. The van der Waals surface area contributed by atoms with Gasteiger partial charge in [0.2, 0.25) is 10.3 Å². The van der Waals surface area contributed by atoms with Gasteiger partial charge in [-0.05, 0) is 12.1 Å². The molecule has 0 aliphatic carbocycles. The summed E-state index contributed by atoms with van der Waals surface area (Å²) in [6, 6.07) is 14.4. The first kappa shape index (κ1) is 19.6. The number of hydrogen-bond donors (Lipinski definition) is 2. The van der Waals surface area contributed by atoms with Crippen LogP contribution in [0.3, 0.4) is 0 Å². The minimum atomic E-state index is -0.301. The van der Waals surface area contributed by atoms with Crippen LogP contribution in [0.15, 0.2) is 69.3 Å². The first-order chi connectivity index (χ1) is 16.1. The molecule has 0 fully saturated rings. The molecule has 0 unspecified atom stereocenters. The maximum absolute atomic E-state index is 12.3. The fraction of sp³-hybridized carbons (Fsp3) is 0. The van der Waals surface area contributed by atoms with E-state index in [1.807, 2.05) is 35.0 Å². The van der Waals surface area contributed by atoms with Crippen molar-refractivity contribution < 1.29 is 9.59 Å². The quantitative estimate of drug-likeness (QED) is 0.349. The average molecular weight is 472 g/mol. The zero-order valence-electron chi connectivity index (χ0n) is 16.7. The Kier molecular flexibility index (Phi) is 4.47. The van der Waals surface area contributed by atoms with E-state index < -0.39 is 0 Å². The topological polar surface area (TPSA) is 126 Å². The Bertz CT molecular complexity index is 1520. The highest BCUT2D eigenvalue weighted by Crippen LogP contribution is 2.32. The molecule has 2 amide bonds. The molecule has 0 radical (unpaired) electrons. The SMILES string of the molecule is NN1C(=O)c2ccccc2C1=Nc1nc(-c2csc(N=C3NC(=O)c4ccccc43)n2)cs1. The standard InChI is InChI=1S/C22H13N7O2S2/c23-29-18(12-6-2-4-8-14(12)20(29)31)28-22-25-16(10-33-22)15-9-32-21(24-15)27-17-11-5-1-3-7-13(11)19(30)26-17/h1-10H,23H2,(H,24,26,27,30). The summed E-state index contributed by atoms with van der Waals surface area (Å²) in [6.45, 7) is 0. The van der Waals surface area contributed by atoms with E-state index in [1.165, 1.54) is 22.7 Å². The van der Waals surface area contributed by atoms with Gasteiger partial charge in [0.1, 0.15) is 17.2 Å². The van der Waals surface area contributed by atoms with Gasteiger partial charge in [0, 0.05) is 21.9 Å². The van der Waals surface area contributed by atoms with Crippen LogP contribution in [0.1, 0.15) is 31.8 Å². The molecule has 4 heterocycles. The fourth-order valence-corrected chi connectivity index (χ4v) is 4.97. The van der Waals surface area contributed by atoms with Gasteiger partial charge in [-0.3, -0.25) is 9.59 Å². The number of nitrogens with zero attached hydrogens (tertiary/aromatic N) is 5. The Balaban J connectivity index is 1.29. The number of aromatic nitrogens is 2. The Morgan fingerprint density at radius 1 is 0.788 bits per heavy atom. The van der Waals surface area contributed by atoms with Crippen molar-refractivity contribution in [3.05, 3.63) is 81.5 Å². The third-order valence-corrected chi connectivity index (χ3v) is 6.63. The minimum absolute atomic E-state index is 0.176. The molecule has 9 nitrogen and oxygen atoms in total. The zero-order chi connectivity index (χ0) is 22.5. The number of carbonyl (C=O) groups is 2. The fourth-order valence-electron chi connectivity index (χ4n) is 3.61. The normalized spacial score (nSPS) is 17.1. The number of carbonyl (C=O) groups excluding carboxylic acids is 2. The van der Waals surface area contributed by atoms with Crippen molar-refractivity contribution in [2.45, 2.75) is 0 Å². The van der Waals surface area contributed by atoms with E-state index in [-0.39, 0.29) is 11.8 Å². The van der Waals surface area contributed by atoms with Gasteiger partial charge < -0.3 is 5.32 Å². The van der Waals surface area contributed by atoms with E-state index >= 15 is 0 Å². The Morgan fingerprint density at radius 3 is 2.06 bits per heavy atom. The molecular formula is C22H13N7O2S2. The smallest absolute Gasteiger partial charge is 0.274 e. The number of hydrogen-bond acceptors (Lipinski definition) is 9. The summed E-state index contributed by atoms with van der Waals surface area (Å²) in [5.74, 6) is 6.30. The summed E-state index contributed by atoms with van der Waals surface area (Å²) < 4.78 is 0. The zero-order valence-corrected chi connectivity index (χ0v) is 18.4. The summed E-state index contributed by atoms with van der Waals surface area (Å²) in [5.41, 5.74) is 3.82. The number of nitrogens with one attached hydrogen (secondary N) is 1. The van der Waals surface area contributed by atoms with Crippen molar-refractivity contribution in [2.24, 2.45) is 15.8 Å². The van der Waals surface area contributed by atoms with Gasteiger partial charge in [0.05, 0.1) is 11.1 Å². The van der Waals surface area contributed by atoms with Gasteiger partial charge in [0.25, 0.3) is 11.8 Å². The van der Waals surface area contributed by atoms with Crippen LogP contribution in [0.5, 0.6) is 0 Å². The second kappa shape index (κ2) is 7.52. The number of fused-ring (bicyclic) bond motifs is 2. The van der Waals surface area contributed by atoms with Gasteiger partial charge in [0.15, 0.2) is 5.84 Å². The molecule has 2 aliphatic heterocycles. The van der Waals surface area contributed by atoms with Crippen molar-refractivity contribution in [1.82, 2.24) is 20.3 Å². The molecule has 2 aliphatic rings. The highest BCUT2D eigenvalue weighted by Gasteiger charge is 2.31. The van der Waals surface area contributed by atoms with Crippen LogP contribution < -0.4 is 11.2 Å². The lowest BCUT2D eigenvalue weighted by molar-refractivity contribution is 0.0859. The largest absolute Gasteiger partial charge is 0.306 e. The number of amidine groups is 2. The molecule has 3 N–H and O–H groups in total. The molecule has 160 valence electrons. The minimum Gasteiger partial charge on any atom is -0.306 e. The first-order valence-electron chi connectivity index (χ1n) is 9.76. The van der Waals surface area contributed by atoms with E-state index in [1.54, 1.807) is 24.3 Å². The predicted octanol–water partition coefficient (Wildman–Crippen LogP) is 3.50. The van der Waals surface area contributed by atoms with E-state index in [4.69, 9.17) is 5.84 Å². The molecule has 0 bridgehead atoms. The summed E-state index contributed by atoms with van der Waals surface area (Å²) in [7, 11) is 0. The van der Waals surface area contributed by atoms with Crippen molar-refractivity contribution in [1.29, 1.82) is 0 Å². The van der Waals surface area contributed by atoms with Crippen LogP contribution in [-0.2, 0) is 0 Å².